The van der Waals surface area contributed by atoms with Gasteiger partial charge in [0.2, 0.25) is 5.91 Å². The number of rotatable bonds is 13. The van der Waals surface area contributed by atoms with E-state index in [2.05, 4.69) is 29.5 Å². The summed E-state index contributed by atoms with van der Waals surface area (Å²) in [6.07, 6.45) is 1.03. The largest absolute Gasteiger partial charge is 0.355 e. The van der Waals surface area contributed by atoms with E-state index in [4.69, 9.17) is 0 Å². The lowest BCUT2D eigenvalue weighted by Gasteiger charge is -2.32. The molecule has 1 aromatic heterocycles. The number of unbranched alkanes of at least 4 members (excludes halogenated alkanes) is 2. The second-order valence-electron chi connectivity index (χ2n) is 10.5. The van der Waals surface area contributed by atoms with E-state index < -0.39 is 13.0 Å². The molecule has 216 valence electrons. The highest BCUT2D eigenvalue weighted by Crippen LogP contribution is 2.30. The fraction of sp³-hybridized carbons (Fsp3) is 0.500. The monoisotopic (exact) mass is 554 g/mol. The van der Waals surface area contributed by atoms with Crippen molar-refractivity contribution in [1.82, 2.24) is 25.1 Å². The molecule has 0 saturated heterocycles. The van der Waals surface area contributed by atoms with Crippen LogP contribution in [0.1, 0.15) is 55.5 Å². The average molecular weight is 555 g/mol. The Morgan fingerprint density at radius 1 is 1.07 bits per heavy atom. The van der Waals surface area contributed by atoms with Gasteiger partial charge in [-0.05, 0) is 48.6 Å². The summed E-state index contributed by atoms with van der Waals surface area (Å²) >= 11 is 0. The molecule has 0 fully saturated rings. The predicted molar refractivity (Wildman–Crippen MR) is 153 cm³/mol. The number of halogens is 2. The Labute approximate surface area is 234 Å². The first-order valence-corrected chi connectivity index (χ1v) is 14.1. The lowest BCUT2D eigenvalue weighted by molar-refractivity contribution is -0.145. The summed E-state index contributed by atoms with van der Waals surface area (Å²) in [5.74, 6) is -0.319. The van der Waals surface area contributed by atoms with Crippen LogP contribution in [-0.4, -0.2) is 64.7 Å². The molecule has 0 saturated carbocycles. The van der Waals surface area contributed by atoms with Gasteiger partial charge in [0.25, 0.3) is 12.3 Å². The number of likely N-dealkylation sites (N-methyl/N-ethyl adjacent to an activating group) is 1. The van der Waals surface area contributed by atoms with E-state index in [9.17, 15) is 18.4 Å². The standard InChI is InChI=1S/C30H40F2N6O2/c1-5-7-10-13-33-29(39)19-36(20-30(40)35(4)37-16-22-11-8-9-12-23(22)17-37)27-15-25-24(14-21(27)3)26(6-2)38(34-25)18-28(31)32/h8-9,11-12,14-15,28H,5-7,10,13,16-20H2,1-4H3,(H,33,39). The van der Waals surface area contributed by atoms with Crippen molar-refractivity contribution in [3.8, 4) is 0 Å². The molecule has 0 atom stereocenters. The van der Waals surface area contributed by atoms with Crippen molar-refractivity contribution < 1.29 is 18.4 Å². The zero-order valence-electron chi connectivity index (χ0n) is 23.9. The smallest absolute Gasteiger partial charge is 0.257 e. The topological polar surface area (TPSA) is 73.7 Å². The van der Waals surface area contributed by atoms with Crippen LogP contribution in [0.15, 0.2) is 36.4 Å². The Morgan fingerprint density at radius 3 is 2.40 bits per heavy atom. The molecule has 0 bridgehead atoms. The van der Waals surface area contributed by atoms with Gasteiger partial charge in [-0.15, -0.1) is 0 Å². The number of nitrogens with zero attached hydrogens (tertiary/aromatic N) is 5. The highest BCUT2D eigenvalue weighted by atomic mass is 19.3. The molecule has 2 aromatic carbocycles. The summed E-state index contributed by atoms with van der Waals surface area (Å²) in [7, 11) is 1.76. The van der Waals surface area contributed by atoms with E-state index in [1.807, 2.05) is 43.1 Å². The number of carbonyl (C=O) groups is 2. The summed E-state index contributed by atoms with van der Waals surface area (Å²) in [5, 5.41) is 11.9. The van der Waals surface area contributed by atoms with Crippen LogP contribution in [0.4, 0.5) is 14.5 Å². The van der Waals surface area contributed by atoms with Gasteiger partial charge in [-0.25, -0.2) is 13.8 Å². The number of hydrogen-bond donors (Lipinski definition) is 1. The average Bonchev–Trinajstić information content (AvgIpc) is 3.50. The van der Waals surface area contributed by atoms with Gasteiger partial charge in [0, 0.05) is 43.4 Å². The quantitative estimate of drug-likeness (QED) is 0.311. The number of hydrazine groups is 1. The van der Waals surface area contributed by atoms with Gasteiger partial charge in [-0.1, -0.05) is 51.0 Å². The Bertz CT molecular complexity index is 1320. The number of fused-ring (bicyclic) bond motifs is 2. The molecule has 1 N–H and O–H groups in total. The van der Waals surface area contributed by atoms with Crippen LogP contribution in [-0.2, 0) is 35.6 Å². The number of amides is 2. The molecular weight excluding hydrogens is 514 g/mol. The molecule has 0 aliphatic carbocycles. The summed E-state index contributed by atoms with van der Waals surface area (Å²) in [5.41, 5.74) is 5.24. The molecule has 10 heteroatoms. The highest BCUT2D eigenvalue weighted by molar-refractivity contribution is 5.91. The van der Waals surface area contributed by atoms with Crippen molar-refractivity contribution in [2.45, 2.75) is 72.5 Å². The molecule has 1 aliphatic heterocycles. The Morgan fingerprint density at radius 2 is 1.77 bits per heavy atom. The van der Waals surface area contributed by atoms with Gasteiger partial charge < -0.3 is 10.2 Å². The molecule has 2 heterocycles. The van der Waals surface area contributed by atoms with Crippen molar-refractivity contribution in [2.75, 3.05) is 31.6 Å². The van der Waals surface area contributed by atoms with Gasteiger partial charge in [0.1, 0.15) is 6.54 Å². The third kappa shape index (κ3) is 6.78. The van der Waals surface area contributed by atoms with Crippen LogP contribution in [0.2, 0.25) is 0 Å². The van der Waals surface area contributed by atoms with Crippen LogP contribution in [0.25, 0.3) is 10.9 Å². The van der Waals surface area contributed by atoms with E-state index in [0.29, 0.717) is 37.3 Å². The van der Waals surface area contributed by atoms with E-state index >= 15 is 0 Å². The molecule has 1 aliphatic rings. The van der Waals surface area contributed by atoms with Gasteiger partial charge in [-0.3, -0.25) is 19.3 Å². The number of aryl methyl sites for hydroxylation is 2. The minimum atomic E-state index is -2.52. The first-order chi connectivity index (χ1) is 19.2. The van der Waals surface area contributed by atoms with Crippen LogP contribution >= 0.6 is 0 Å². The summed E-state index contributed by atoms with van der Waals surface area (Å²) in [6, 6.07) is 11.9. The Hall–Kier alpha value is -3.53. The summed E-state index contributed by atoms with van der Waals surface area (Å²) in [6.45, 7) is 7.31. The van der Waals surface area contributed by atoms with Crippen molar-refractivity contribution >= 4 is 28.4 Å². The van der Waals surface area contributed by atoms with Crippen LogP contribution < -0.4 is 10.2 Å². The second kappa shape index (κ2) is 13.2. The van der Waals surface area contributed by atoms with Gasteiger partial charge >= 0.3 is 0 Å². The first kappa shape index (κ1) is 29.5. The zero-order chi connectivity index (χ0) is 28.8. The zero-order valence-corrected chi connectivity index (χ0v) is 23.9. The number of benzene rings is 2. The molecule has 0 unspecified atom stereocenters. The van der Waals surface area contributed by atoms with Crippen molar-refractivity contribution in [1.29, 1.82) is 0 Å². The van der Waals surface area contributed by atoms with Crippen molar-refractivity contribution in [3.63, 3.8) is 0 Å². The number of alkyl halides is 2. The second-order valence-corrected chi connectivity index (χ2v) is 10.5. The number of carbonyl (C=O) groups excluding carboxylic acids is 2. The Kier molecular flexibility index (Phi) is 9.73. The normalized spacial score (nSPS) is 13.2. The van der Waals surface area contributed by atoms with E-state index in [0.717, 1.165) is 35.9 Å². The molecule has 40 heavy (non-hydrogen) atoms. The van der Waals surface area contributed by atoms with Crippen molar-refractivity contribution in [3.05, 3.63) is 58.8 Å². The SMILES string of the molecule is CCCCCNC(=O)CN(CC(=O)N(C)N1Cc2ccccc2C1)c1cc2nn(CC(F)F)c(CC)c2cc1C. The fourth-order valence-corrected chi connectivity index (χ4v) is 5.33. The number of nitrogens with one attached hydrogen (secondary N) is 1. The summed E-state index contributed by atoms with van der Waals surface area (Å²) < 4.78 is 27.8. The molecule has 2 amide bonds. The van der Waals surface area contributed by atoms with Crippen molar-refractivity contribution in [2.24, 2.45) is 0 Å². The minimum Gasteiger partial charge on any atom is -0.355 e. The fourth-order valence-electron chi connectivity index (χ4n) is 5.33. The van der Waals surface area contributed by atoms with Gasteiger partial charge in [0.15, 0.2) is 0 Å². The maximum absolute atomic E-state index is 13.6. The lowest BCUT2D eigenvalue weighted by Crippen LogP contribution is -2.48. The van der Waals surface area contributed by atoms with E-state index in [1.165, 1.54) is 15.8 Å². The Balaban J connectivity index is 1.59. The van der Waals surface area contributed by atoms with Gasteiger partial charge in [-0.2, -0.15) is 5.10 Å². The highest BCUT2D eigenvalue weighted by Gasteiger charge is 2.27. The number of hydrogen-bond acceptors (Lipinski definition) is 5. The summed E-state index contributed by atoms with van der Waals surface area (Å²) in [4.78, 5) is 28.3. The van der Waals surface area contributed by atoms with Gasteiger partial charge in [0.05, 0.1) is 18.6 Å². The molecule has 3 aromatic rings. The molecular formula is C30H40F2N6O2. The maximum Gasteiger partial charge on any atom is 0.257 e. The predicted octanol–water partition coefficient (Wildman–Crippen LogP) is 4.67. The maximum atomic E-state index is 13.6. The lowest BCUT2D eigenvalue weighted by atomic mass is 10.1. The van der Waals surface area contributed by atoms with Crippen LogP contribution in [0.3, 0.4) is 0 Å². The first-order valence-electron chi connectivity index (χ1n) is 14.1. The van der Waals surface area contributed by atoms with Crippen LogP contribution in [0, 0.1) is 6.92 Å². The minimum absolute atomic E-state index is 0.00332. The molecule has 0 spiro atoms. The number of aromatic nitrogens is 2. The molecule has 4 rings (SSSR count). The molecule has 0 radical (unpaired) electrons. The third-order valence-electron chi connectivity index (χ3n) is 7.52. The number of anilines is 1. The van der Waals surface area contributed by atoms with E-state index in [-0.39, 0.29) is 24.9 Å². The molecule has 8 nitrogen and oxygen atoms in total. The van der Waals surface area contributed by atoms with E-state index in [1.54, 1.807) is 17.0 Å². The third-order valence-corrected chi connectivity index (χ3v) is 7.52. The van der Waals surface area contributed by atoms with Crippen LogP contribution in [0.5, 0.6) is 0 Å².